The standard InChI is InChI=1S/C30H33FN6O3/c1-2-40-13-10-19-5-8-27(35-25(19)17-36-11-3-4-21(36)18-38)34-24-7-6-22(23-15-33-30(39)29(23)24)26-16-32-28-14-20(31)9-12-37(26)28/h5-9,12,14,16,21,38H,2-4,10-11,13,15,17-18H2,1H3,(H,33,39)(H,34,35)/t21-/m0/s1. The van der Waals surface area contributed by atoms with E-state index in [1.54, 1.807) is 12.4 Å². The second-order valence-electron chi connectivity index (χ2n) is 10.2. The number of ether oxygens (including phenoxy) is 1. The third kappa shape index (κ3) is 5.05. The van der Waals surface area contributed by atoms with Gasteiger partial charge >= 0.3 is 0 Å². The monoisotopic (exact) mass is 544 g/mol. The van der Waals surface area contributed by atoms with Gasteiger partial charge in [-0.2, -0.15) is 0 Å². The summed E-state index contributed by atoms with van der Waals surface area (Å²) in [6.45, 7) is 5.37. The Morgan fingerprint density at radius 2 is 2.15 bits per heavy atom. The zero-order chi connectivity index (χ0) is 27.6. The third-order valence-corrected chi connectivity index (χ3v) is 7.83. The van der Waals surface area contributed by atoms with Crippen molar-refractivity contribution in [1.82, 2.24) is 24.6 Å². The van der Waals surface area contributed by atoms with Crippen LogP contribution in [-0.2, 0) is 24.2 Å². The maximum atomic E-state index is 13.7. The molecule has 0 saturated carbocycles. The van der Waals surface area contributed by atoms with E-state index in [4.69, 9.17) is 9.72 Å². The molecular formula is C30H33FN6O3. The lowest BCUT2D eigenvalue weighted by atomic mass is 9.99. The normalized spacial score (nSPS) is 17.0. The number of imidazole rings is 1. The molecule has 0 bridgehead atoms. The van der Waals surface area contributed by atoms with Crippen molar-refractivity contribution in [3.05, 3.63) is 77.0 Å². The van der Waals surface area contributed by atoms with Crippen molar-refractivity contribution in [3.63, 3.8) is 0 Å². The molecule has 3 N–H and O–H groups in total. The Hall–Kier alpha value is -3.86. The number of carbonyl (C=O) groups is 1. The van der Waals surface area contributed by atoms with E-state index in [1.807, 2.05) is 29.5 Å². The number of aromatic nitrogens is 3. The Balaban J connectivity index is 1.33. The Bertz CT molecular complexity index is 1550. The zero-order valence-electron chi connectivity index (χ0n) is 22.5. The summed E-state index contributed by atoms with van der Waals surface area (Å²) in [5.41, 5.74) is 6.32. The molecular weight excluding hydrogens is 511 g/mol. The third-order valence-electron chi connectivity index (χ3n) is 7.83. The Morgan fingerprint density at radius 1 is 1.25 bits per heavy atom. The molecule has 208 valence electrons. The first-order chi connectivity index (χ1) is 19.6. The fourth-order valence-corrected chi connectivity index (χ4v) is 5.78. The van der Waals surface area contributed by atoms with E-state index >= 15 is 0 Å². The lowest BCUT2D eigenvalue weighted by molar-refractivity contribution is 0.0966. The second kappa shape index (κ2) is 11.3. The molecule has 6 rings (SSSR count). The number of aliphatic hydroxyl groups is 1. The zero-order valence-corrected chi connectivity index (χ0v) is 22.5. The number of halogens is 1. The number of benzene rings is 1. The number of rotatable bonds is 10. The fourth-order valence-electron chi connectivity index (χ4n) is 5.78. The number of anilines is 2. The first-order valence-corrected chi connectivity index (χ1v) is 13.8. The van der Waals surface area contributed by atoms with E-state index in [0.29, 0.717) is 49.0 Å². The highest BCUT2D eigenvalue weighted by molar-refractivity contribution is 6.06. The Labute approximate surface area is 232 Å². The van der Waals surface area contributed by atoms with Gasteiger partial charge in [0.05, 0.1) is 42.0 Å². The van der Waals surface area contributed by atoms with Crippen LogP contribution in [0.15, 0.2) is 48.8 Å². The number of carbonyl (C=O) groups excluding carboxylic acids is 1. The molecule has 9 nitrogen and oxygen atoms in total. The highest BCUT2D eigenvalue weighted by Crippen LogP contribution is 2.35. The van der Waals surface area contributed by atoms with Gasteiger partial charge in [-0.15, -0.1) is 0 Å². The first-order valence-electron chi connectivity index (χ1n) is 13.8. The fraction of sp³-hybridized carbons (Fsp3) is 0.367. The highest BCUT2D eigenvalue weighted by atomic mass is 19.1. The van der Waals surface area contributed by atoms with Gasteiger partial charge < -0.3 is 20.5 Å². The van der Waals surface area contributed by atoms with Crippen molar-refractivity contribution in [2.24, 2.45) is 0 Å². The number of nitrogens with zero attached hydrogens (tertiary/aromatic N) is 4. The van der Waals surface area contributed by atoms with E-state index in [9.17, 15) is 14.3 Å². The SMILES string of the molecule is CCOCCc1ccc(Nc2ccc(-c3cnc4cc(F)ccn34)c3c2C(=O)NC3)nc1CN1CCC[C@H]1CO. The minimum absolute atomic E-state index is 0.140. The van der Waals surface area contributed by atoms with Crippen molar-refractivity contribution in [3.8, 4) is 11.3 Å². The number of hydrogen-bond acceptors (Lipinski definition) is 7. The summed E-state index contributed by atoms with van der Waals surface area (Å²) in [4.78, 5) is 24.6. The van der Waals surface area contributed by atoms with Gasteiger partial charge in [-0.3, -0.25) is 14.1 Å². The minimum Gasteiger partial charge on any atom is -0.395 e. The van der Waals surface area contributed by atoms with E-state index in [1.165, 1.54) is 12.1 Å². The molecule has 5 heterocycles. The van der Waals surface area contributed by atoms with Crippen molar-refractivity contribution in [2.75, 3.05) is 31.7 Å². The number of nitrogens with one attached hydrogen (secondary N) is 2. The van der Waals surface area contributed by atoms with Crippen LogP contribution in [0, 0.1) is 5.82 Å². The largest absolute Gasteiger partial charge is 0.395 e. The predicted molar refractivity (Wildman–Crippen MR) is 150 cm³/mol. The molecule has 2 aliphatic heterocycles. The molecule has 0 aliphatic carbocycles. The van der Waals surface area contributed by atoms with Gasteiger partial charge in [-0.05, 0) is 62.1 Å². The smallest absolute Gasteiger partial charge is 0.254 e. The van der Waals surface area contributed by atoms with Crippen LogP contribution in [0.1, 0.15) is 46.9 Å². The molecule has 40 heavy (non-hydrogen) atoms. The molecule has 1 aromatic carbocycles. The molecule has 2 aliphatic rings. The summed E-state index contributed by atoms with van der Waals surface area (Å²) < 4.78 is 21.1. The topological polar surface area (TPSA) is 104 Å². The molecule has 1 fully saturated rings. The molecule has 1 atom stereocenters. The lowest BCUT2D eigenvalue weighted by Gasteiger charge is -2.24. The van der Waals surface area contributed by atoms with Crippen molar-refractivity contribution < 1.29 is 19.0 Å². The molecule has 0 radical (unpaired) electrons. The second-order valence-corrected chi connectivity index (χ2v) is 10.2. The molecule has 10 heteroatoms. The maximum Gasteiger partial charge on any atom is 0.254 e. The van der Waals surface area contributed by atoms with Crippen molar-refractivity contribution in [2.45, 2.75) is 45.3 Å². The van der Waals surface area contributed by atoms with Gasteiger partial charge in [0.25, 0.3) is 5.91 Å². The summed E-state index contributed by atoms with van der Waals surface area (Å²) >= 11 is 0. The van der Waals surface area contributed by atoms with Gasteiger partial charge in [-0.25, -0.2) is 14.4 Å². The number of likely N-dealkylation sites (tertiary alicyclic amines) is 1. The van der Waals surface area contributed by atoms with Gasteiger partial charge in [0.2, 0.25) is 0 Å². The number of amides is 1. The summed E-state index contributed by atoms with van der Waals surface area (Å²) in [6, 6.07) is 10.8. The van der Waals surface area contributed by atoms with E-state index in [0.717, 1.165) is 53.9 Å². The molecule has 4 aromatic rings. The lowest BCUT2D eigenvalue weighted by Crippen LogP contribution is -2.32. The average molecular weight is 545 g/mol. The van der Waals surface area contributed by atoms with Gasteiger partial charge in [0, 0.05) is 43.6 Å². The molecule has 1 saturated heterocycles. The number of pyridine rings is 2. The number of hydrogen-bond donors (Lipinski definition) is 3. The molecule has 0 unspecified atom stereocenters. The predicted octanol–water partition coefficient (Wildman–Crippen LogP) is 4.06. The first kappa shape index (κ1) is 26.4. The van der Waals surface area contributed by atoms with E-state index in [2.05, 4.69) is 26.6 Å². The van der Waals surface area contributed by atoms with Crippen molar-refractivity contribution >= 4 is 23.1 Å². The van der Waals surface area contributed by atoms with Crippen LogP contribution >= 0.6 is 0 Å². The Kier molecular flexibility index (Phi) is 7.46. The van der Waals surface area contributed by atoms with Gasteiger partial charge in [0.1, 0.15) is 17.3 Å². The molecule has 1 amide bonds. The summed E-state index contributed by atoms with van der Waals surface area (Å²) in [7, 11) is 0. The van der Waals surface area contributed by atoms with Crippen LogP contribution < -0.4 is 10.6 Å². The minimum atomic E-state index is -0.348. The number of aliphatic hydroxyl groups excluding tert-OH is 1. The van der Waals surface area contributed by atoms with Crippen molar-refractivity contribution in [1.29, 1.82) is 0 Å². The van der Waals surface area contributed by atoms with E-state index < -0.39 is 0 Å². The van der Waals surface area contributed by atoms with Crippen LogP contribution in [0.25, 0.3) is 16.9 Å². The maximum absolute atomic E-state index is 13.7. The average Bonchev–Trinajstić information content (AvgIpc) is 3.69. The highest BCUT2D eigenvalue weighted by Gasteiger charge is 2.28. The van der Waals surface area contributed by atoms with Crippen LogP contribution in [0.2, 0.25) is 0 Å². The van der Waals surface area contributed by atoms with Gasteiger partial charge in [0.15, 0.2) is 0 Å². The van der Waals surface area contributed by atoms with Crippen LogP contribution in [-0.4, -0.2) is 62.7 Å². The summed E-state index contributed by atoms with van der Waals surface area (Å²) in [6.07, 6.45) is 6.15. The molecule has 3 aromatic heterocycles. The Morgan fingerprint density at radius 3 is 3.00 bits per heavy atom. The van der Waals surface area contributed by atoms with Crippen LogP contribution in [0.3, 0.4) is 0 Å². The molecule has 0 spiro atoms. The number of fused-ring (bicyclic) bond motifs is 2. The van der Waals surface area contributed by atoms with Crippen LogP contribution in [0.5, 0.6) is 0 Å². The van der Waals surface area contributed by atoms with Gasteiger partial charge in [-0.1, -0.05) is 12.1 Å². The van der Waals surface area contributed by atoms with Crippen LogP contribution in [0.4, 0.5) is 15.9 Å². The quantitative estimate of drug-likeness (QED) is 0.259. The summed E-state index contributed by atoms with van der Waals surface area (Å²) in [5, 5.41) is 16.2. The van der Waals surface area contributed by atoms with E-state index in [-0.39, 0.29) is 24.4 Å². The summed E-state index contributed by atoms with van der Waals surface area (Å²) in [5.74, 6) is 0.143.